The molecule has 2 N–H and O–H groups in total. The molecule has 17 heavy (non-hydrogen) atoms. The Morgan fingerprint density at radius 1 is 1.12 bits per heavy atom. The minimum atomic E-state index is -0.161. The SMILES string of the molecule is NCC1CCCCCC1Sc1ccc(F)cc1. The molecule has 1 aliphatic rings. The number of benzene rings is 1. The van der Waals surface area contributed by atoms with Gasteiger partial charge in [0.25, 0.3) is 0 Å². The second-order valence-electron chi connectivity index (χ2n) is 4.74. The zero-order chi connectivity index (χ0) is 12.1. The van der Waals surface area contributed by atoms with Crippen LogP contribution in [0, 0.1) is 11.7 Å². The molecule has 1 saturated carbocycles. The third-order valence-electron chi connectivity index (χ3n) is 3.49. The average molecular weight is 253 g/mol. The van der Waals surface area contributed by atoms with Gasteiger partial charge in [-0.3, -0.25) is 0 Å². The third-order valence-corrected chi connectivity index (χ3v) is 4.96. The summed E-state index contributed by atoms with van der Waals surface area (Å²) >= 11 is 1.87. The van der Waals surface area contributed by atoms with E-state index in [4.69, 9.17) is 5.73 Å². The van der Waals surface area contributed by atoms with Crippen molar-refractivity contribution in [3.8, 4) is 0 Å². The Bertz CT molecular complexity index is 339. The molecule has 0 amide bonds. The van der Waals surface area contributed by atoms with Gasteiger partial charge in [0.05, 0.1) is 0 Å². The smallest absolute Gasteiger partial charge is 0.123 e. The Balaban J connectivity index is 2.01. The largest absolute Gasteiger partial charge is 0.330 e. The highest BCUT2D eigenvalue weighted by atomic mass is 32.2. The second-order valence-corrected chi connectivity index (χ2v) is 6.06. The molecule has 0 aromatic heterocycles. The molecule has 0 radical (unpaired) electrons. The van der Waals surface area contributed by atoms with Gasteiger partial charge in [-0.2, -0.15) is 0 Å². The number of thioether (sulfide) groups is 1. The molecule has 0 saturated heterocycles. The van der Waals surface area contributed by atoms with Crippen molar-refractivity contribution in [3.05, 3.63) is 30.1 Å². The molecular formula is C14H20FNS. The fourth-order valence-electron chi connectivity index (χ4n) is 2.46. The molecule has 0 spiro atoms. The van der Waals surface area contributed by atoms with Crippen molar-refractivity contribution in [3.63, 3.8) is 0 Å². The topological polar surface area (TPSA) is 26.0 Å². The Morgan fingerprint density at radius 2 is 1.82 bits per heavy atom. The predicted molar refractivity (Wildman–Crippen MR) is 71.7 cm³/mol. The van der Waals surface area contributed by atoms with E-state index in [0.717, 1.165) is 11.4 Å². The van der Waals surface area contributed by atoms with E-state index in [1.807, 2.05) is 23.9 Å². The average Bonchev–Trinajstić information content (AvgIpc) is 2.57. The zero-order valence-electron chi connectivity index (χ0n) is 10.1. The molecule has 94 valence electrons. The Morgan fingerprint density at radius 3 is 2.53 bits per heavy atom. The van der Waals surface area contributed by atoms with Gasteiger partial charge in [-0.15, -0.1) is 11.8 Å². The molecule has 0 heterocycles. The van der Waals surface area contributed by atoms with Crippen molar-refractivity contribution < 1.29 is 4.39 Å². The van der Waals surface area contributed by atoms with E-state index in [2.05, 4.69) is 0 Å². The highest BCUT2D eigenvalue weighted by Gasteiger charge is 2.23. The van der Waals surface area contributed by atoms with Gasteiger partial charge in [0.15, 0.2) is 0 Å². The van der Waals surface area contributed by atoms with Crippen LogP contribution in [0.5, 0.6) is 0 Å². The molecule has 3 heteroatoms. The van der Waals surface area contributed by atoms with Crippen LogP contribution in [0.4, 0.5) is 4.39 Å². The lowest BCUT2D eigenvalue weighted by atomic mass is 10.0. The lowest BCUT2D eigenvalue weighted by Crippen LogP contribution is -2.24. The van der Waals surface area contributed by atoms with Gasteiger partial charge in [0, 0.05) is 10.1 Å². The van der Waals surface area contributed by atoms with E-state index in [1.54, 1.807) is 0 Å². The van der Waals surface area contributed by atoms with Crippen LogP contribution in [-0.2, 0) is 0 Å². The van der Waals surface area contributed by atoms with Crippen LogP contribution in [0.2, 0.25) is 0 Å². The van der Waals surface area contributed by atoms with Crippen molar-refractivity contribution in [1.82, 2.24) is 0 Å². The molecule has 1 aliphatic carbocycles. The highest BCUT2D eigenvalue weighted by Crippen LogP contribution is 2.36. The maximum absolute atomic E-state index is 12.8. The summed E-state index contributed by atoms with van der Waals surface area (Å²) in [5, 5.41) is 0.605. The number of rotatable bonds is 3. The van der Waals surface area contributed by atoms with Crippen molar-refractivity contribution >= 4 is 11.8 Å². The first kappa shape index (κ1) is 12.9. The quantitative estimate of drug-likeness (QED) is 0.829. The molecule has 0 aliphatic heterocycles. The first-order valence-corrected chi connectivity index (χ1v) is 7.30. The standard InChI is InChI=1S/C14H20FNS/c15-12-6-8-13(9-7-12)17-14-5-3-1-2-4-11(14)10-16/h6-9,11,14H,1-5,10,16H2. The van der Waals surface area contributed by atoms with Crippen LogP contribution >= 0.6 is 11.8 Å². The Hall–Kier alpha value is -0.540. The lowest BCUT2D eigenvalue weighted by Gasteiger charge is -2.23. The van der Waals surface area contributed by atoms with E-state index in [0.29, 0.717) is 11.2 Å². The predicted octanol–water partition coefficient (Wildman–Crippen LogP) is 3.83. The summed E-state index contributed by atoms with van der Waals surface area (Å²) in [6.45, 7) is 0.777. The first-order chi connectivity index (χ1) is 8.29. The summed E-state index contributed by atoms with van der Waals surface area (Å²) in [5.41, 5.74) is 5.87. The van der Waals surface area contributed by atoms with E-state index >= 15 is 0 Å². The molecule has 0 bridgehead atoms. The van der Waals surface area contributed by atoms with E-state index in [9.17, 15) is 4.39 Å². The van der Waals surface area contributed by atoms with Gasteiger partial charge in [-0.05, 0) is 49.6 Å². The molecular weight excluding hydrogens is 233 g/mol. The van der Waals surface area contributed by atoms with Crippen LogP contribution in [0.1, 0.15) is 32.1 Å². The first-order valence-electron chi connectivity index (χ1n) is 6.42. The number of hydrogen-bond donors (Lipinski definition) is 1. The van der Waals surface area contributed by atoms with Gasteiger partial charge in [-0.25, -0.2) is 4.39 Å². The normalized spacial score (nSPS) is 25.5. The van der Waals surface area contributed by atoms with Crippen molar-refractivity contribution in [2.24, 2.45) is 11.7 Å². The fourth-order valence-corrected chi connectivity index (χ4v) is 3.83. The zero-order valence-corrected chi connectivity index (χ0v) is 10.9. The van der Waals surface area contributed by atoms with Crippen molar-refractivity contribution in [1.29, 1.82) is 0 Å². The summed E-state index contributed by atoms with van der Waals surface area (Å²) in [6.07, 6.45) is 6.42. The van der Waals surface area contributed by atoms with Gasteiger partial charge in [0.1, 0.15) is 5.82 Å². The summed E-state index contributed by atoms with van der Waals surface area (Å²) in [6, 6.07) is 6.82. The molecule has 1 nitrogen and oxygen atoms in total. The lowest BCUT2D eigenvalue weighted by molar-refractivity contribution is 0.483. The summed E-state index contributed by atoms with van der Waals surface area (Å²) in [7, 11) is 0. The van der Waals surface area contributed by atoms with Gasteiger partial charge >= 0.3 is 0 Å². The van der Waals surface area contributed by atoms with Gasteiger partial charge in [-0.1, -0.05) is 19.3 Å². The molecule has 1 aromatic rings. The molecule has 2 atom stereocenters. The van der Waals surface area contributed by atoms with Crippen LogP contribution < -0.4 is 5.73 Å². The number of halogens is 1. The molecule has 1 fully saturated rings. The van der Waals surface area contributed by atoms with Crippen molar-refractivity contribution in [2.45, 2.75) is 42.2 Å². The monoisotopic (exact) mass is 253 g/mol. The van der Waals surface area contributed by atoms with Gasteiger partial charge < -0.3 is 5.73 Å². The van der Waals surface area contributed by atoms with E-state index < -0.39 is 0 Å². The Kier molecular flexibility index (Phi) is 4.86. The van der Waals surface area contributed by atoms with Crippen LogP contribution in [0.25, 0.3) is 0 Å². The summed E-state index contributed by atoms with van der Waals surface area (Å²) < 4.78 is 12.8. The highest BCUT2D eigenvalue weighted by molar-refractivity contribution is 8.00. The third kappa shape index (κ3) is 3.71. The molecule has 2 rings (SSSR count). The minimum absolute atomic E-state index is 0.161. The maximum Gasteiger partial charge on any atom is 0.123 e. The van der Waals surface area contributed by atoms with E-state index in [1.165, 1.54) is 44.2 Å². The van der Waals surface area contributed by atoms with Crippen LogP contribution in [-0.4, -0.2) is 11.8 Å². The van der Waals surface area contributed by atoms with Crippen LogP contribution in [0.3, 0.4) is 0 Å². The molecule has 2 unspecified atom stereocenters. The molecule has 1 aromatic carbocycles. The fraction of sp³-hybridized carbons (Fsp3) is 0.571. The number of hydrogen-bond acceptors (Lipinski definition) is 2. The Labute approximate surface area is 107 Å². The van der Waals surface area contributed by atoms with Gasteiger partial charge in [0.2, 0.25) is 0 Å². The maximum atomic E-state index is 12.8. The summed E-state index contributed by atoms with van der Waals surface area (Å²) in [4.78, 5) is 1.16. The number of nitrogens with two attached hydrogens (primary N) is 1. The van der Waals surface area contributed by atoms with E-state index in [-0.39, 0.29) is 5.82 Å². The van der Waals surface area contributed by atoms with Crippen LogP contribution in [0.15, 0.2) is 29.2 Å². The minimum Gasteiger partial charge on any atom is -0.330 e. The second kappa shape index (κ2) is 6.41. The van der Waals surface area contributed by atoms with Crippen molar-refractivity contribution in [2.75, 3.05) is 6.54 Å². The summed E-state index contributed by atoms with van der Waals surface area (Å²) in [5.74, 6) is 0.457.